The molecule has 3 N–H and O–H groups in total. The molecule has 0 saturated heterocycles. The van der Waals surface area contributed by atoms with Gasteiger partial charge in [-0.15, -0.1) is 0 Å². The summed E-state index contributed by atoms with van der Waals surface area (Å²) < 4.78 is 2.06. The zero-order valence-corrected chi connectivity index (χ0v) is 12.9. The summed E-state index contributed by atoms with van der Waals surface area (Å²) in [6.07, 6.45) is 0. The minimum absolute atomic E-state index is 0.134. The van der Waals surface area contributed by atoms with Gasteiger partial charge in [0.2, 0.25) is 5.91 Å². The van der Waals surface area contributed by atoms with Gasteiger partial charge in [0.05, 0.1) is 6.04 Å². The van der Waals surface area contributed by atoms with Crippen molar-refractivity contribution >= 4 is 50.1 Å². The summed E-state index contributed by atoms with van der Waals surface area (Å²) in [6, 6.07) is 5.17. The molecule has 16 heavy (non-hydrogen) atoms. The second-order valence-corrected chi connectivity index (χ2v) is 5.90. The lowest BCUT2D eigenvalue weighted by Crippen LogP contribution is -2.39. The van der Waals surface area contributed by atoms with E-state index >= 15 is 0 Å². The standard InChI is InChI=1S/C11H14BrIN2O/c1-6(2)10(14)11(16)15-7-3-4-8(12)9(13)5-7/h3-6,10H,14H2,1-2H3,(H,15,16). The van der Waals surface area contributed by atoms with E-state index < -0.39 is 6.04 Å². The van der Waals surface area contributed by atoms with Gasteiger partial charge in [-0.3, -0.25) is 4.79 Å². The molecule has 1 aromatic carbocycles. The predicted octanol–water partition coefficient (Wildman–Crippen LogP) is 2.98. The van der Waals surface area contributed by atoms with Gasteiger partial charge in [-0.2, -0.15) is 0 Å². The molecular weight excluding hydrogens is 383 g/mol. The number of hydrogen-bond donors (Lipinski definition) is 2. The lowest BCUT2D eigenvalue weighted by Gasteiger charge is -2.15. The van der Waals surface area contributed by atoms with Crippen LogP contribution in [-0.2, 0) is 4.79 Å². The molecular formula is C11H14BrIN2O. The Labute approximate surface area is 117 Å². The Bertz CT molecular complexity index is 396. The summed E-state index contributed by atoms with van der Waals surface area (Å²) in [5.74, 6) is -0.0114. The number of nitrogens with one attached hydrogen (secondary N) is 1. The Morgan fingerprint density at radius 2 is 2.12 bits per heavy atom. The molecule has 1 rings (SSSR count). The Hall–Kier alpha value is -0.140. The van der Waals surface area contributed by atoms with Gasteiger partial charge in [0, 0.05) is 13.7 Å². The summed E-state index contributed by atoms with van der Waals surface area (Å²) in [4.78, 5) is 11.7. The molecule has 1 atom stereocenters. The van der Waals surface area contributed by atoms with E-state index in [1.807, 2.05) is 32.0 Å². The largest absolute Gasteiger partial charge is 0.325 e. The fourth-order valence-electron chi connectivity index (χ4n) is 1.10. The molecule has 0 saturated carbocycles. The van der Waals surface area contributed by atoms with Crippen LogP contribution in [0.5, 0.6) is 0 Å². The molecule has 1 aromatic rings. The topological polar surface area (TPSA) is 55.1 Å². The quantitative estimate of drug-likeness (QED) is 0.771. The van der Waals surface area contributed by atoms with E-state index in [4.69, 9.17) is 5.73 Å². The van der Waals surface area contributed by atoms with Crippen molar-refractivity contribution in [1.82, 2.24) is 0 Å². The molecule has 0 heterocycles. The van der Waals surface area contributed by atoms with Crippen molar-refractivity contribution in [3.05, 3.63) is 26.2 Å². The summed E-state index contributed by atoms with van der Waals surface area (Å²) in [7, 11) is 0. The monoisotopic (exact) mass is 396 g/mol. The van der Waals surface area contributed by atoms with E-state index in [-0.39, 0.29) is 11.8 Å². The molecule has 0 aliphatic carbocycles. The van der Waals surface area contributed by atoms with Gasteiger partial charge in [-0.05, 0) is 62.6 Å². The predicted molar refractivity (Wildman–Crippen MR) is 78.3 cm³/mol. The van der Waals surface area contributed by atoms with Crippen LogP contribution < -0.4 is 11.1 Å². The summed E-state index contributed by atoms with van der Waals surface area (Å²) >= 11 is 5.60. The Morgan fingerprint density at radius 3 is 2.62 bits per heavy atom. The van der Waals surface area contributed by atoms with E-state index in [0.29, 0.717) is 0 Å². The number of amides is 1. The number of benzene rings is 1. The van der Waals surface area contributed by atoms with Crippen LogP contribution in [-0.4, -0.2) is 11.9 Å². The zero-order chi connectivity index (χ0) is 12.3. The normalized spacial score (nSPS) is 12.6. The molecule has 0 aliphatic rings. The third-order valence-corrected chi connectivity index (χ3v) is 4.53. The van der Waals surface area contributed by atoms with Gasteiger partial charge in [-0.1, -0.05) is 13.8 Å². The van der Waals surface area contributed by atoms with Gasteiger partial charge >= 0.3 is 0 Å². The molecule has 88 valence electrons. The maximum absolute atomic E-state index is 11.7. The highest BCUT2D eigenvalue weighted by molar-refractivity contribution is 14.1. The van der Waals surface area contributed by atoms with Crippen LogP contribution in [0.3, 0.4) is 0 Å². The Balaban J connectivity index is 2.74. The maximum atomic E-state index is 11.7. The van der Waals surface area contributed by atoms with E-state index in [2.05, 4.69) is 43.8 Å². The number of hydrogen-bond acceptors (Lipinski definition) is 2. The lowest BCUT2D eigenvalue weighted by molar-refractivity contribution is -0.118. The molecule has 0 bridgehead atoms. The molecule has 0 spiro atoms. The van der Waals surface area contributed by atoms with E-state index in [1.54, 1.807) is 0 Å². The lowest BCUT2D eigenvalue weighted by atomic mass is 10.1. The molecule has 0 fully saturated rings. The van der Waals surface area contributed by atoms with Gasteiger partial charge in [0.25, 0.3) is 0 Å². The third-order valence-electron chi connectivity index (χ3n) is 2.21. The fourth-order valence-corrected chi connectivity index (χ4v) is 1.86. The van der Waals surface area contributed by atoms with Gasteiger partial charge in [-0.25, -0.2) is 0 Å². The van der Waals surface area contributed by atoms with E-state index in [9.17, 15) is 4.79 Å². The van der Waals surface area contributed by atoms with Crippen LogP contribution in [0.1, 0.15) is 13.8 Å². The Kier molecular flexibility index (Phi) is 5.20. The summed E-state index contributed by atoms with van der Waals surface area (Å²) in [5.41, 5.74) is 6.52. The van der Waals surface area contributed by atoms with Crippen LogP contribution >= 0.6 is 38.5 Å². The van der Waals surface area contributed by atoms with Crippen molar-refractivity contribution in [3.63, 3.8) is 0 Å². The minimum atomic E-state index is -0.471. The molecule has 1 unspecified atom stereocenters. The highest BCUT2D eigenvalue weighted by Crippen LogP contribution is 2.22. The van der Waals surface area contributed by atoms with E-state index in [0.717, 1.165) is 13.7 Å². The smallest absolute Gasteiger partial charge is 0.241 e. The number of halogens is 2. The molecule has 0 aromatic heterocycles. The highest BCUT2D eigenvalue weighted by atomic mass is 127. The van der Waals surface area contributed by atoms with Crippen LogP contribution in [0.4, 0.5) is 5.69 Å². The first-order valence-electron chi connectivity index (χ1n) is 4.93. The number of carbonyl (C=O) groups is 1. The molecule has 0 radical (unpaired) electrons. The SMILES string of the molecule is CC(C)C(N)C(=O)Nc1ccc(Br)c(I)c1. The van der Waals surface area contributed by atoms with Crippen LogP contribution in [0, 0.1) is 9.49 Å². The van der Waals surface area contributed by atoms with Crippen LogP contribution in [0.25, 0.3) is 0 Å². The van der Waals surface area contributed by atoms with Crippen molar-refractivity contribution in [3.8, 4) is 0 Å². The fraction of sp³-hybridized carbons (Fsp3) is 0.364. The number of nitrogens with two attached hydrogens (primary N) is 1. The molecule has 5 heteroatoms. The second-order valence-electron chi connectivity index (χ2n) is 3.89. The summed E-state index contributed by atoms with van der Waals surface area (Å²) in [6.45, 7) is 3.85. The highest BCUT2D eigenvalue weighted by Gasteiger charge is 2.17. The first-order valence-corrected chi connectivity index (χ1v) is 6.80. The number of anilines is 1. The summed E-state index contributed by atoms with van der Waals surface area (Å²) in [5, 5.41) is 2.80. The van der Waals surface area contributed by atoms with E-state index in [1.165, 1.54) is 0 Å². The average molecular weight is 397 g/mol. The number of rotatable bonds is 3. The van der Waals surface area contributed by atoms with Crippen LogP contribution in [0.2, 0.25) is 0 Å². The van der Waals surface area contributed by atoms with Crippen LogP contribution in [0.15, 0.2) is 22.7 Å². The number of carbonyl (C=O) groups excluding carboxylic acids is 1. The third kappa shape index (κ3) is 3.71. The Morgan fingerprint density at radius 1 is 1.50 bits per heavy atom. The van der Waals surface area contributed by atoms with Crippen molar-refractivity contribution < 1.29 is 4.79 Å². The maximum Gasteiger partial charge on any atom is 0.241 e. The zero-order valence-electron chi connectivity index (χ0n) is 9.13. The van der Waals surface area contributed by atoms with Crippen molar-refractivity contribution in [2.45, 2.75) is 19.9 Å². The minimum Gasteiger partial charge on any atom is -0.325 e. The molecule has 3 nitrogen and oxygen atoms in total. The molecule has 0 aliphatic heterocycles. The van der Waals surface area contributed by atoms with Crippen molar-refractivity contribution in [2.24, 2.45) is 11.7 Å². The average Bonchev–Trinajstić information content (AvgIpc) is 2.22. The van der Waals surface area contributed by atoms with Gasteiger partial charge in [0.15, 0.2) is 0 Å². The first-order chi connectivity index (χ1) is 7.41. The first kappa shape index (κ1) is 13.9. The van der Waals surface area contributed by atoms with Crippen molar-refractivity contribution in [2.75, 3.05) is 5.32 Å². The van der Waals surface area contributed by atoms with Gasteiger partial charge < -0.3 is 11.1 Å². The second kappa shape index (κ2) is 5.97. The van der Waals surface area contributed by atoms with Gasteiger partial charge in [0.1, 0.15) is 0 Å². The van der Waals surface area contributed by atoms with Crippen molar-refractivity contribution in [1.29, 1.82) is 0 Å². The molecule has 1 amide bonds.